The Balaban J connectivity index is 2.19. The highest BCUT2D eigenvalue weighted by atomic mass is 32.2. The van der Waals surface area contributed by atoms with Crippen LogP contribution in [0.5, 0.6) is 0 Å². The van der Waals surface area contributed by atoms with Crippen molar-refractivity contribution < 1.29 is 9.00 Å². The fraction of sp³-hybridized carbons (Fsp3) is 0.500. The molecule has 0 bridgehead atoms. The summed E-state index contributed by atoms with van der Waals surface area (Å²) in [6.07, 6.45) is 1.72. The molecule has 1 amide bonds. The maximum atomic E-state index is 12.2. The first-order valence-electron chi connectivity index (χ1n) is 6.70. The fourth-order valence-electron chi connectivity index (χ4n) is 2.27. The van der Waals surface area contributed by atoms with Crippen molar-refractivity contribution in [3.05, 3.63) is 23.8 Å². The standard InChI is InChI=1S/C14H21N3O2S/c1-17(2)14(18)12-4-3-10(15)9-13(12)16-11-5-7-20(19)8-6-11/h3-4,9,11,16H,5-8,15H2,1-2H3. The van der Waals surface area contributed by atoms with Crippen molar-refractivity contribution in [3.8, 4) is 0 Å². The third-order valence-corrected chi connectivity index (χ3v) is 4.81. The second-order valence-electron chi connectivity index (χ2n) is 5.27. The molecule has 6 heteroatoms. The Kier molecular flexibility index (Phi) is 4.65. The third kappa shape index (κ3) is 3.50. The van der Waals surface area contributed by atoms with Gasteiger partial charge in [-0.25, -0.2) is 0 Å². The molecule has 2 rings (SSSR count). The van der Waals surface area contributed by atoms with Crippen molar-refractivity contribution in [1.82, 2.24) is 4.90 Å². The summed E-state index contributed by atoms with van der Waals surface area (Å²) in [5.74, 6) is 1.39. The van der Waals surface area contributed by atoms with Gasteiger partial charge >= 0.3 is 0 Å². The van der Waals surface area contributed by atoms with Crippen molar-refractivity contribution in [2.45, 2.75) is 18.9 Å². The van der Waals surface area contributed by atoms with E-state index in [0.29, 0.717) is 11.3 Å². The van der Waals surface area contributed by atoms with Gasteiger partial charge in [0.25, 0.3) is 5.91 Å². The van der Waals surface area contributed by atoms with E-state index < -0.39 is 10.8 Å². The zero-order chi connectivity index (χ0) is 14.7. The van der Waals surface area contributed by atoms with Crippen LogP contribution in [0.15, 0.2) is 18.2 Å². The number of carbonyl (C=O) groups excluding carboxylic acids is 1. The Bertz CT molecular complexity index is 521. The van der Waals surface area contributed by atoms with Gasteiger partial charge in [0, 0.05) is 53.8 Å². The first-order chi connectivity index (χ1) is 9.47. The van der Waals surface area contributed by atoms with Crippen molar-refractivity contribution in [2.24, 2.45) is 0 Å². The Hall–Kier alpha value is -1.56. The summed E-state index contributed by atoms with van der Waals surface area (Å²) in [6.45, 7) is 0. The highest BCUT2D eigenvalue weighted by Crippen LogP contribution is 2.24. The zero-order valence-corrected chi connectivity index (χ0v) is 12.7. The molecule has 1 aromatic carbocycles. The van der Waals surface area contributed by atoms with Gasteiger partial charge in [-0.15, -0.1) is 0 Å². The largest absolute Gasteiger partial charge is 0.399 e. The van der Waals surface area contributed by atoms with E-state index in [1.807, 2.05) is 0 Å². The molecule has 0 aromatic heterocycles. The lowest BCUT2D eigenvalue weighted by atomic mass is 10.1. The van der Waals surface area contributed by atoms with E-state index in [-0.39, 0.29) is 11.9 Å². The van der Waals surface area contributed by atoms with Gasteiger partial charge in [0.2, 0.25) is 0 Å². The number of carbonyl (C=O) groups is 1. The Morgan fingerprint density at radius 2 is 2.00 bits per heavy atom. The van der Waals surface area contributed by atoms with E-state index in [0.717, 1.165) is 30.0 Å². The molecule has 1 saturated heterocycles. The molecule has 0 aliphatic carbocycles. The lowest BCUT2D eigenvalue weighted by molar-refractivity contribution is 0.0828. The SMILES string of the molecule is CN(C)C(=O)c1ccc(N)cc1NC1CCS(=O)CC1. The quantitative estimate of drug-likeness (QED) is 0.824. The predicted octanol–water partition coefficient (Wildman–Crippen LogP) is 1.29. The number of nitrogens with two attached hydrogens (primary N) is 1. The summed E-state index contributed by atoms with van der Waals surface area (Å²) in [7, 11) is 2.77. The normalized spacial score (nSPS) is 22.3. The topological polar surface area (TPSA) is 75.4 Å². The summed E-state index contributed by atoms with van der Waals surface area (Å²) in [6, 6.07) is 5.53. The van der Waals surface area contributed by atoms with Crippen LogP contribution in [0.25, 0.3) is 0 Å². The number of nitrogens with one attached hydrogen (secondary N) is 1. The van der Waals surface area contributed by atoms with Gasteiger partial charge < -0.3 is 16.0 Å². The molecule has 110 valence electrons. The summed E-state index contributed by atoms with van der Waals surface area (Å²) >= 11 is 0. The molecule has 0 radical (unpaired) electrons. The molecule has 1 heterocycles. The predicted molar refractivity (Wildman–Crippen MR) is 83.4 cm³/mol. The number of hydrogen-bond donors (Lipinski definition) is 2. The molecule has 0 unspecified atom stereocenters. The Morgan fingerprint density at radius 1 is 1.35 bits per heavy atom. The minimum atomic E-state index is -0.685. The molecular formula is C14H21N3O2S. The summed E-state index contributed by atoms with van der Waals surface area (Å²) in [5, 5.41) is 3.38. The summed E-state index contributed by atoms with van der Waals surface area (Å²) in [4.78, 5) is 13.7. The first kappa shape index (κ1) is 14.8. The van der Waals surface area contributed by atoms with Gasteiger partial charge in [0.15, 0.2) is 0 Å². The zero-order valence-electron chi connectivity index (χ0n) is 11.9. The lowest BCUT2D eigenvalue weighted by Crippen LogP contribution is -2.31. The van der Waals surface area contributed by atoms with Crippen LogP contribution < -0.4 is 11.1 Å². The lowest BCUT2D eigenvalue weighted by Gasteiger charge is -2.25. The van der Waals surface area contributed by atoms with Crippen molar-refractivity contribution >= 4 is 28.1 Å². The number of rotatable bonds is 3. The number of nitrogen functional groups attached to an aromatic ring is 1. The van der Waals surface area contributed by atoms with Gasteiger partial charge in [0.05, 0.1) is 5.56 Å². The minimum Gasteiger partial charge on any atom is -0.399 e. The molecule has 20 heavy (non-hydrogen) atoms. The maximum absolute atomic E-state index is 12.2. The number of benzene rings is 1. The van der Waals surface area contributed by atoms with Crippen LogP contribution in [0.4, 0.5) is 11.4 Å². The van der Waals surface area contributed by atoms with E-state index >= 15 is 0 Å². The van der Waals surface area contributed by atoms with Crippen LogP contribution in [0.1, 0.15) is 23.2 Å². The molecule has 0 spiro atoms. The second kappa shape index (κ2) is 6.26. The Labute approximate surface area is 122 Å². The van der Waals surface area contributed by atoms with Gasteiger partial charge in [-0.2, -0.15) is 0 Å². The number of hydrogen-bond acceptors (Lipinski definition) is 4. The van der Waals surface area contributed by atoms with E-state index in [1.54, 1.807) is 37.2 Å². The average Bonchev–Trinajstić information content (AvgIpc) is 2.41. The third-order valence-electron chi connectivity index (χ3n) is 3.43. The first-order valence-corrected chi connectivity index (χ1v) is 8.19. The van der Waals surface area contributed by atoms with Crippen LogP contribution in [-0.4, -0.2) is 46.7 Å². The molecule has 1 aromatic rings. The smallest absolute Gasteiger partial charge is 0.255 e. The minimum absolute atomic E-state index is 0.0492. The highest BCUT2D eigenvalue weighted by Gasteiger charge is 2.20. The van der Waals surface area contributed by atoms with E-state index in [2.05, 4.69) is 5.32 Å². The molecular weight excluding hydrogens is 274 g/mol. The van der Waals surface area contributed by atoms with E-state index in [9.17, 15) is 9.00 Å². The van der Waals surface area contributed by atoms with Crippen LogP contribution >= 0.6 is 0 Å². The monoisotopic (exact) mass is 295 g/mol. The molecule has 1 aliphatic heterocycles. The molecule has 1 fully saturated rings. The van der Waals surface area contributed by atoms with Crippen molar-refractivity contribution in [3.63, 3.8) is 0 Å². The summed E-state index contributed by atoms with van der Waals surface area (Å²) < 4.78 is 11.4. The van der Waals surface area contributed by atoms with E-state index in [1.165, 1.54) is 0 Å². The van der Waals surface area contributed by atoms with Gasteiger partial charge in [0.1, 0.15) is 0 Å². The van der Waals surface area contributed by atoms with Crippen LogP contribution in [0.2, 0.25) is 0 Å². The number of anilines is 2. The van der Waals surface area contributed by atoms with Gasteiger partial charge in [-0.3, -0.25) is 9.00 Å². The maximum Gasteiger partial charge on any atom is 0.255 e. The highest BCUT2D eigenvalue weighted by molar-refractivity contribution is 7.85. The van der Waals surface area contributed by atoms with Crippen molar-refractivity contribution in [2.75, 3.05) is 36.7 Å². The Morgan fingerprint density at radius 3 is 2.60 bits per heavy atom. The van der Waals surface area contributed by atoms with Gasteiger partial charge in [-0.05, 0) is 31.0 Å². The fourth-order valence-corrected chi connectivity index (χ4v) is 3.57. The van der Waals surface area contributed by atoms with Crippen molar-refractivity contribution in [1.29, 1.82) is 0 Å². The summed E-state index contributed by atoms with van der Waals surface area (Å²) in [5.41, 5.74) is 7.83. The number of nitrogens with zero attached hydrogens (tertiary/aromatic N) is 1. The molecule has 1 aliphatic rings. The van der Waals surface area contributed by atoms with Crippen LogP contribution in [0, 0.1) is 0 Å². The number of amides is 1. The molecule has 0 saturated carbocycles. The van der Waals surface area contributed by atoms with E-state index in [4.69, 9.17) is 5.73 Å². The average molecular weight is 295 g/mol. The molecule has 0 atom stereocenters. The molecule has 5 nitrogen and oxygen atoms in total. The van der Waals surface area contributed by atoms with Crippen LogP contribution in [-0.2, 0) is 10.8 Å². The van der Waals surface area contributed by atoms with Gasteiger partial charge in [-0.1, -0.05) is 0 Å². The van der Waals surface area contributed by atoms with Crippen LogP contribution in [0.3, 0.4) is 0 Å². The second-order valence-corrected chi connectivity index (χ2v) is 6.97. The molecule has 3 N–H and O–H groups in total.